The fourth-order valence-corrected chi connectivity index (χ4v) is 4.32. The van der Waals surface area contributed by atoms with Crippen LogP contribution >= 0.6 is 11.3 Å². The van der Waals surface area contributed by atoms with Gasteiger partial charge >= 0.3 is 0 Å². The van der Waals surface area contributed by atoms with E-state index in [-0.39, 0.29) is 42.5 Å². The number of amides is 1. The molecule has 1 N–H and O–H groups in total. The first-order chi connectivity index (χ1) is 16.3. The van der Waals surface area contributed by atoms with Gasteiger partial charge in [-0.15, -0.1) is 10.2 Å². The standard InChI is InChI=1S/C22H17F2N5O4S/c1-3-33-8-7-28-12-27(2)22(32)18-20(31)19(30)15(11-29(18)28)21-26-25-17(34-21)9-13-5-4-6-14(23)10-16(13)24/h1,6,10-11,13,31H,7-9,12H2,2H3. The smallest absolute Gasteiger partial charge is 0.277 e. The molecule has 0 bridgehead atoms. The Morgan fingerprint density at radius 1 is 1.38 bits per heavy atom. The van der Waals surface area contributed by atoms with E-state index in [1.165, 1.54) is 22.8 Å². The summed E-state index contributed by atoms with van der Waals surface area (Å²) in [5, 5.41) is 20.8. The van der Waals surface area contributed by atoms with E-state index in [1.54, 1.807) is 5.01 Å². The van der Waals surface area contributed by atoms with Gasteiger partial charge in [0.25, 0.3) is 5.91 Å². The van der Waals surface area contributed by atoms with Gasteiger partial charge in [0.05, 0.1) is 18.0 Å². The second kappa shape index (κ2) is 9.37. The number of carbonyl (C=O) groups excluding carboxylic acids is 1. The lowest BCUT2D eigenvalue weighted by Gasteiger charge is -2.37. The summed E-state index contributed by atoms with van der Waals surface area (Å²) < 4.78 is 33.8. The molecular weight excluding hydrogens is 468 g/mol. The van der Waals surface area contributed by atoms with Gasteiger partial charge in [0.2, 0.25) is 5.43 Å². The van der Waals surface area contributed by atoms with Crippen LogP contribution in [0.2, 0.25) is 0 Å². The molecule has 0 fully saturated rings. The van der Waals surface area contributed by atoms with Crippen LogP contribution in [-0.4, -0.2) is 57.7 Å². The van der Waals surface area contributed by atoms with E-state index in [0.717, 1.165) is 23.5 Å². The second-order valence-electron chi connectivity index (χ2n) is 7.36. The molecule has 34 heavy (non-hydrogen) atoms. The van der Waals surface area contributed by atoms with Crippen molar-refractivity contribution in [2.75, 3.05) is 31.9 Å². The minimum atomic E-state index is -0.914. The normalized spacial score (nSPS) is 17.1. The number of ether oxygens (including phenoxy) is 1. The van der Waals surface area contributed by atoms with Gasteiger partial charge < -0.3 is 14.7 Å². The average Bonchev–Trinajstić information content (AvgIpc) is 3.20. The minimum absolute atomic E-state index is 0.000831. The van der Waals surface area contributed by atoms with Gasteiger partial charge in [0.1, 0.15) is 36.0 Å². The summed E-state index contributed by atoms with van der Waals surface area (Å²) in [6.07, 6.45) is 10.3. The molecule has 0 aromatic carbocycles. The van der Waals surface area contributed by atoms with Crippen molar-refractivity contribution in [3.05, 3.63) is 50.9 Å². The van der Waals surface area contributed by atoms with E-state index in [1.807, 2.05) is 0 Å². The Labute approximate surface area is 196 Å². The van der Waals surface area contributed by atoms with Crippen molar-refractivity contribution in [2.24, 2.45) is 5.92 Å². The van der Waals surface area contributed by atoms with Crippen molar-refractivity contribution in [3.8, 4) is 40.7 Å². The Morgan fingerprint density at radius 3 is 2.94 bits per heavy atom. The van der Waals surface area contributed by atoms with Gasteiger partial charge in [0, 0.05) is 31.8 Å². The molecule has 2 aliphatic rings. The zero-order valence-electron chi connectivity index (χ0n) is 17.8. The lowest BCUT2D eigenvalue weighted by atomic mass is 10.1. The van der Waals surface area contributed by atoms with Crippen LogP contribution in [0.1, 0.15) is 15.5 Å². The molecule has 1 atom stereocenters. The van der Waals surface area contributed by atoms with Gasteiger partial charge in [0.15, 0.2) is 16.5 Å². The maximum Gasteiger partial charge on any atom is 0.277 e. The summed E-state index contributed by atoms with van der Waals surface area (Å²) in [6.45, 7) is 0.550. The van der Waals surface area contributed by atoms with Gasteiger partial charge in [-0.05, 0) is 0 Å². The maximum atomic E-state index is 14.2. The number of aromatic nitrogens is 3. The number of rotatable bonds is 6. The van der Waals surface area contributed by atoms with Crippen LogP contribution in [-0.2, 0) is 11.2 Å². The maximum absolute atomic E-state index is 14.2. The number of pyridine rings is 1. The molecular formula is C22H17F2N5O4S. The highest BCUT2D eigenvalue weighted by atomic mass is 32.1. The number of hydrogen-bond donors (Lipinski definition) is 1. The largest absolute Gasteiger partial charge is 0.502 e. The third-order valence-electron chi connectivity index (χ3n) is 5.08. The van der Waals surface area contributed by atoms with Gasteiger partial charge in [-0.2, -0.15) is 0 Å². The molecule has 0 saturated carbocycles. The van der Waals surface area contributed by atoms with Crippen LogP contribution in [0, 0.1) is 30.3 Å². The van der Waals surface area contributed by atoms with E-state index < -0.39 is 34.7 Å². The highest BCUT2D eigenvalue weighted by Gasteiger charge is 2.32. The third kappa shape index (κ3) is 4.36. The monoisotopic (exact) mass is 485 g/mol. The number of fused-ring (bicyclic) bond motifs is 1. The third-order valence-corrected chi connectivity index (χ3v) is 6.06. The molecule has 9 nitrogen and oxygen atoms in total. The van der Waals surface area contributed by atoms with Crippen molar-refractivity contribution in [1.82, 2.24) is 19.8 Å². The molecule has 1 aliphatic heterocycles. The molecule has 4 rings (SSSR count). The predicted molar refractivity (Wildman–Crippen MR) is 119 cm³/mol. The first-order valence-electron chi connectivity index (χ1n) is 9.93. The van der Waals surface area contributed by atoms with Crippen LogP contribution in [0.25, 0.3) is 10.6 Å². The highest BCUT2D eigenvalue weighted by Crippen LogP contribution is 2.29. The lowest BCUT2D eigenvalue weighted by molar-refractivity contribution is 0.0728. The Kier molecular flexibility index (Phi) is 6.34. The van der Waals surface area contributed by atoms with Crippen molar-refractivity contribution >= 4 is 17.2 Å². The number of terminal acetylenes is 1. The molecule has 1 amide bonds. The molecule has 3 heterocycles. The van der Waals surface area contributed by atoms with Crippen LogP contribution in [0.4, 0.5) is 8.78 Å². The Bertz CT molecular complexity index is 1380. The molecule has 0 saturated heterocycles. The molecule has 1 unspecified atom stereocenters. The average molecular weight is 485 g/mol. The fourth-order valence-electron chi connectivity index (χ4n) is 3.43. The van der Waals surface area contributed by atoms with E-state index in [0.29, 0.717) is 5.01 Å². The van der Waals surface area contributed by atoms with Crippen LogP contribution in [0.5, 0.6) is 5.75 Å². The molecule has 0 radical (unpaired) electrons. The Hall–Kier alpha value is -4.16. The van der Waals surface area contributed by atoms with Crippen molar-refractivity contribution < 1.29 is 23.4 Å². The second-order valence-corrected chi connectivity index (χ2v) is 8.42. The molecule has 0 spiro atoms. The van der Waals surface area contributed by atoms with Gasteiger partial charge in [-0.3, -0.25) is 19.3 Å². The van der Waals surface area contributed by atoms with Crippen molar-refractivity contribution in [2.45, 2.75) is 6.42 Å². The van der Waals surface area contributed by atoms with Crippen molar-refractivity contribution in [1.29, 1.82) is 0 Å². The summed E-state index contributed by atoms with van der Waals surface area (Å²) >= 11 is 1.00. The van der Waals surface area contributed by atoms with E-state index in [4.69, 9.17) is 11.2 Å². The number of allylic oxidation sites excluding steroid dienone is 4. The van der Waals surface area contributed by atoms with Gasteiger partial charge in [-0.1, -0.05) is 29.6 Å². The van der Waals surface area contributed by atoms with E-state index in [9.17, 15) is 23.5 Å². The first kappa shape index (κ1) is 23.0. The molecule has 1 aliphatic carbocycles. The van der Waals surface area contributed by atoms with Gasteiger partial charge in [-0.25, -0.2) is 8.78 Å². The number of halogens is 2. The van der Waals surface area contributed by atoms with E-state index >= 15 is 0 Å². The summed E-state index contributed by atoms with van der Waals surface area (Å²) in [4.78, 5) is 26.8. The zero-order valence-corrected chi connectivity index (χ0v) is 18.6. The lowest BCUT2D eigenvalue weighted by Crippen LogP contribution is -2.53. The summed E-state index contributed by atoms with van der Waals surface area (Å²) in [6, 6.07) is 0. The molecule has 12 heteroatoms. The number of nitrogens with zero attached hydrogens (tertiary/aromatic N) is 5. The van der Waals surface area contributed by atoms with E-state index in [2.05, 4.69) is 28.1 Å². The topological polar surface area (TPSA) is 101 Å². The fraction of sp³-hybridized carbons (Fsp3) is 0.273. The predicted octanol–water partition coefficient (Wildman–Crippen LogP) is 1.54. The summed E-state index contributed by atoms with van der Waals surface area (Å²) in [5.41, 5.74) is -1.01. The Balaban J connectivity index is 1.68. The first-order valence-corrected chi connectivity index (χ1v) is 10.7. The summed E-state index contributed by atoms with van der Waals surface area (Å²) in [7, 11) is 1.53. The molecule has 174 valence electrons. The minimum Gasteiger partial charge on any atom is -0.502 e. The number of carbonyl (C=O) groups is 1. The van der Waals surface area contributed by atoms with Crippen LogP contribution in [0.15, 0.2) is 34.8 Å². The Morgan fingerprint density at radius 2 is 2.18 bits per heavy atom. The summed E-state index contributed by atoms with van der Waals surface area (Å²) in [5.74, 6) is 1.35. The molecule has 2 aromatic heterocycles. The number of aromatic hydroxyl groups is 1. The van der Waals surface area contributed by atoms with Crippen LogP contribution < -0.4 is 10.4 Å². The number of hydrogen-bond acceptors (Lipinski definition) is 8. The molecule has 2 aromatic rings. The van der Waals surface area contributed by atoms with Crippen molar-refractivity contribution in [3.63, 3.8) is 0 Å². The zero-order chi connectivity index (χ0) is 24.4. The highest BCUT2D eigenvalue weighted by molar-refractivity contribution is 7.14. The SMILES string of the molecule is C#COCCN1CN(C)C(=O)c2c(O)c(=O)c(-c3nnc(CC4C#CC=C(F)C=C4F)s3)cn21. The quantitative estimate of drug-likeness (QED) is 0.489. The van der Waals surface area contributed by atoms with Crippen LogP contribution in [0.3, 0.4) is 0 Å².